The first-order valence-corrected chi connectivity index (χ1v) is 9.78. The molecule has 0 radical (unpaired) electrons. The van der Waals surface area contributed by atoms with Crippen LogP contribution in [-0.4, -0.2) is 0 Å². The lowest BCUT2D eigenvalue weighted by Gasteiger charge is -2.15. The molecule has 0 aliphatic carbocycles. The lowest BCUT2D eigenvalue weighted by Crippen LogP contribution is -1.96. The molecule has 0 aliphatic rings. The fourth-order valence-electron chi connectivity index (χ4n) is 3.18. The van der Waals surface area contributed by atoms with Crippen LogP contribution in [-0.2, 0) is 0 Å². The van der Waals surface area contributed by atoms with Crippen molar-refractivity contribution in [2.45, 2.75) is 97.8 Å². The van der Waals surface area contributed by atoms with E-state index in [2.05, 4.69) is 40.5 Å². The van der Waals surface area contributed by atoms with Gasteiger partial charge in [0.2, 0.25) is 0 Å². The molecule has 0 nitrogen and oxygen atoms in total. The summed E-state index contributed by atoms with van der Waals surface area (Å²) in [5.74, 6) is 0. The lowest BCUT2D eigenvalue weighted by atomic mass is 9.90. The monoisotopic (exact) mass is 316 g/mol. The smallest absolute Gasteiger partial charge is 0.0175 e. The Balaban J connectivity index is 4.08. The van der Waals surface area contributed by atoms with Crippen LogP contribution in [0.1, 0.15) is 97.8 Å². The third-order valence-corrected chi connectivity index (χ3v) is 4.55. The highest BCUT2D eigenvalue weighted by molar-refractivity contribution is 5.51. The van der Waals surface area contributed by atoms with Crippen molar-refractivity contribution in [3.05, 3.63) is 48.1 Å². The Bertz CT molecular complexity index is 381. The maximum absolute atomic E-state index is 4.33. The van der Waals surface area contributed by atoms with Gasteiger partial charge in [-0.2, -0.15) is 0 Å². The molecule has 0 amide bonds. The number of unbranched alkanes of at least 4 members (excludes halogenated alkanes) is 8. The van der Waals surface area contributed by atoms with Gasteiger partial charge in [0, 0.05) is 0 Å². The molecular formula is C23H40. The van der Waals surface area contributed by atoms with Crippen LogP contribution in [0.4, 0.5) is 0 Å². The normalized spacial score (nSPS) is 12.0. The zero-order valence-electron chi connectivity index (χ0n) is 16.2. The molecule has 0 N–H and O–H groups in total. The van der Waals surface area contributed by atoms with Crippen molar-refractivity contribution < 1.29 is 0 Å². The van der Waals surface area contributed by atoms with E-state index in [1.54, 1.807) is 0 Å². The van der Waals surface area contributed by atoms with Gasteiger partial charge < -0.3 is 0 Å². The van der Waals surface area contributed by atoms with Gasteiger partial charge in [0.15, 0.2) is 0 Å². The fourth-order valence-corrected chi connectivity index (χ4v) is 3.18. The molecule has 0 aromatic heterocycles. The van der Waals surface area contributed by atoms with Gasteiger partial charge in [-0.25, -0.2) is 0 Å². The van der Waals surface area contributed by atoms with E-state index in [4.69, 9.17) is 0 Å². The van der Waals surface area contributed by atoms with Crippen LogP contribution in [0.25, 0.3) is 0 Å². The molecule has 0 unspecified atom stereocenters. The number of hydrogen-bond acceptors (Lipinski definition) is 0. The van der Waals surface area contributed by atoms with Gasteiger partial charge in [-0.1, -0.05) is 103 Å². The minimum Gasteiger partial charge on any atom is -0.0985 e. The van der Waals surface area contributed by atoms with Crippen LogP contribution in [0.15, 0.2) is 48.1 Å². The van der Waals surface area contributed by atoms with Gasteiger partial charge in [-0.15, -0.1) is 0 Å². The Hall–Kier alpha value is -1.04. The molecule has 0 aromatic carbocycles. The summed E-state index contributed by atoms with van der Waals surface area (Å²) in [6.07, 6.45) is 17.6. The molecule has 0 aromatic rings. The van der Waals surface area contributed by atoms with Crippen LogP contribution >= 0.6 is 0 Å². The summed E-state index contributed by atoms with van der Waals surface area (Å²) in [5, 5.41) is 0. The summed E-state index contributed by atoms with van der Waals surface area (Å²) >= 11 is 0. The first-order chi connectivity index (χ1) is 11.1. The van der Waals surface area contributed by atoms with E-state index in [1.807, 2.05) is 6.08 Å². The maximum atomic E-state index is 4.33. The predicted octanol–water partition coefficient (Wildman–Crippen LogP) is 8.32. The van der Waals surface area contributed by atoms with Crippen LogP contribution in [0.2, 0.25) is 0 Å². The molecular weight excluding hydrogens is 276 g/mol. The molecule has 0 heteroatoms. The van der Waals surface area contributed by atoms with E-state index < -0.39 is 0 Å². The Kier molecular flexibility index (Phi) is 13.9. The minimum atomic E-state index is 1.04. The average molecular weight is 317 g/mol. The third-order valence-electron chi connectivity index (χ3n) is 4.55. The van der Waals surface area contributed by atoms with Gasteiger partial charge >= 0.3 is 0 Å². The molecule has 0 bridgehead atoms. The summed E-state index contributed by atoms with van der Waals surface area (Å²) in [7, 11) is 0. The van der Waals surface area contributed by atoms with Gasteiger partial charge in [-0.3, -0.25) is 0 Å². The van der Waals surface area contributed by atoms with Crippen molar-refractivity contribution in [1.82, 2.24) is 0 Å². The molecule has 0 aliphatic heterocycles. The highest BCUT2D eigenvalue weighted by Crippen LogP contribution is 2.28. The van der Waals surface area contributed by atoms with Crippen molar-refractivity contribution in [3.63, 3.8) is 0 Å². The molecule has 0 atom stereocenters. The second-order valence-electron chi connectivity index (χ2n) is 6.82. The molecule has 132 valence electrons. The highest BCUT2D eigenvalue weighted by Gasteiger charge is 2.08. The second kappa shape index (κ2) is 14.5. The molecule has 23 heavy (non-hydrogen) atoms. The topological polar surface area (TPSA) is 0 Å². The summed E-state index contributed by atoms with van der Waals surface area (Å²) in [6, 6.07) is 0. The average Bonchev–Trinajstić information content (AvgIpc) is 2.53. The van der Waals surface area contributed by atoms with Crippen LogP contribution < -0.4 is 0 Å². The van der Waals surface area contributed by atoms with E-state index >= 15 is 0 Å². The van der Waals surface area contributed by atoms with Crippen molar-refractivity contribution in [2.24, 2.45) is 0 Å². The quantitative estimate of drug-likeness (QED) is 0.210. The Morgan fingerprint density at radius 2 is 1.26 bits per heavy atom. The zero-order valence-corrected chi connectivity index (χ0v) is 16.2. The zero-order chi connectivity index (χ0) is 17.5. The van der Waals surface area contributed by atoms with E-state index in [-0.39, 0.29) is 0 Å². The molecule has 0 fully saturated rings. The first kappa shape index (κ1) is 22.0. The third kappa shape index (κ3) is 10.4. The van der Waals surface area contributed by atoms with Crippen molar-refractivity contribution in [1.29, 1.82) is 0 Å². The molecule has 0 saturated carbocycles. The molecule has 0 spiro atoms. The lowest BCUT2D eigenvalue weighted by molar-refractivity contribution is 0.565. The fraction of sp³-hybridized carbons (Fsp3) is 0.652. The number of hydrogen-bond donors (Lipinski definition) is 0. The van der Waals surface area contributed by atoms with Gasteiger partial charge in [0.1, 0.15) is 0 Å². The van der Waals surface area contributed by atoms with Crippen LogP contribution in [0, 0.1) is 0 Å². The van der Waals surface area contributed by atoms with E-state index in [0.717, 1.165) is 18.4 Å². The van der Waals surface area contributed by atoms with Gasteiger partial charge in [-0.05, 0) is 42.9 Å². The van der Waals surface area contributed by atoms with Crippen LogP contribution in [0.5, 0.6) is 0 Å². The number of allylic oxidation sites excluding steroid dienone is 5. The highest BCUT2D eigenvalue weighted by atomic mass is 14.1. The second-order valence-corrected chi connectivity index (χ2v) is 6.82. The van der Waals surface area contributed by atoms with E-state index in [9.17, 15) is 0 Å². The largest absolute Gasteiger partial charge is 0.0985 e. The Morgan fingerprint density at radius 3 is 1.74 bits per heavy atom. The first-order valence-electron chi connectivity index (χ1n) is 9.78. The number of rotatable bonds is 15. The molecule has 0 heterocycles. The van der Waals surface area contributed by atoms with Gasteiger partial charge in [0.25, 0.3) is 0 Å². The SMILES string of the molecule is C=CC(=C)/C(C(=C)CCCCCCCCCCC)=C(/C)CCC. The summed E-state index contributed by atoms with van der Waals surface area (Å²) in [6.45, 7) is 19.1. The van der Waals surface area contributed by atoms with E-state index in [0.29, 0.717) is 0 Å². The maximum Gasteiger partial charge on any atom is -0.0175 e. The summed E-state index contributed by atoms with van der Waals surface area (Å²) < 4.78 is 0. The summed E-state index contributed by atoms with van der Waals surface area (Å²) in [5.41, 5.74) is 4.99. The van der Waals surface area contributed by atoms with Crippen molar-refractivity contribution in [3.8, 4) is 0 Å². The van der Waals surface area contributed by atoms with Crippen molar-refractivity contribution in [2.75, 3.05) is 0 Å². The van der Waals surface area contributed by atoms with Gasteiger partial charge in [0.05, 0.1) is 0 Å². The molecule has 0 saturated heterocycles. The van der Waals surface area contributed by atoms with Crippen molar-refractivity contribution >= 4 is 0 Å². The summed E-state index contributed by atoms with van der Waals surface area (Å²) in [4.78, 5) is 0. The Labute approximate surface area is 146 Å². The molecule has 0 rings (SSSR count). The van der Waals surface area contributed by atoms with E-state index in [1.165, 1.54) is 80.9 Å². The predicted molar refractivity (Wildman–Crippen MR) is 108 cm³/mol. The standard InChI is InChI=1S/C23H40/c1-7-10-11-12-13-14-15-16-17-19-22(6)23(20(4)9-3)21(5)18-8-2/h9H,3-4,6-8,10-19H2,1-2,5H3/b23-21+. The minimum absolute atomic E-state index is 1.04. The Morgan fingerprint density at radius 1 is 0.739 bits per heavy atom. The van der Waals surface area contributed by atoms with Crippen LogP contribution in [0.3, 0.4) is 0 Å².